The highest BCUT2D eigenvalue weighted by Crippen LogP contribution is 2.27. The Hall–Kier alpha value is -3.32. The van der Waals surface area contributed by atoms with Crippen molar-refractivity contribution in [3.63, 3.8) is 0 Å². The Labute approximate surface area is 196 Å². The molecule has 174 valence electrons. The molecule has 0 fully saturated rings. The molecule has 0 saturated heterocycles. The molecule has 3 rings (SSSR count). The number of sulfonamides is 1. The molecule has 7 heteroatoms. The molecule has 3 aromatic rings. The van der Waals surface area contributed by atoms with Crippen LogP contribution in [-0.4, -0.2) is 27.5 Å². The second-order valence-corrected chi connectivity index (χ2v) is 9.77. The van der Waals surface area contributed by atoms with Gasteiger partial charge in [-0.15, -0.1) is 0 Å². The molecular weight excluding hydrogens is 436 g/mol. The van der Waals surface area contributed by atoms with Crippen LogP contribution in [0.1, 0.15) is 36.6 Å². The molecule has 6 nitrogen and oxygen atoms in total. The van der Waals surface area contributed by atoms with Crippen LogP contribution in [0.3, 0.4) is 0 Å². The molecule has 0 aliphatic carbocycles. The molecule has 3 aromatic carbocycles. The average Bonchev–Trinajstić information content (AvgIpc) is 2.79. The van der Waals surface area contributed by atoms with E-state index in [1.807, 2.05) is 64.1 Å². The van der Waals surface area contributed by atoms with Gasteiger partial charge in [0.2, 0.25) is 5.91 Å². The maximum absolute atomic E-state index is 13.5. The number of benzene rings is 3. The lowest BCUT2D eigenvalue weighted by molar-refractivity contribution is -0.120. The van der Waals surface area contributed by atoms with E-state index < -0.39 is 15.9 Å². The predicted molar refractivity (Wildman–Crippen MR) is 131 cm³/mol. The largest absolute Gasteiger partial charge is 0.494 e. The summed E-state index contributed by atoms with van der Waals surface area (Å²) >= 11 is 0. The third-order valence-electron chi connectivity index (χ3n) is 5.31. The van der Waals surface area contributed by atoms with Gasteiger partial charge in [-0.1, -0.05) is 48.0 Å². The molecule has 1 unspecified atom stereocenters. The number of aryl methyl sites for hydroxylation is 2. The predicted octanol–water partition coefficient (Wildman–Crippen LogP) is 4.77. The van der Waals surface area contributed by atoms with Crippen LogP contribution in [0.4, 0.5) is 5.69 Å². The molecule has 1 amide bonds. The zero-order valence-electron chi connectivity index (χ0n) is 19.4. The van der Waals surface area contributed by atoms with E-state index in [0.29, 0.717) is 12.3 Å². The standard InChI is InChI=1S/C26H30N2O4S/c1-5-32-23-14-12-22(13-15-23)21(4)27-26(29)18-28(25-16-11-19(2)17-20(25)3)33(30,31)24-9-7-6-8-10-24/h6-17,21H,5,18H2,1-4H3,(H,27,29). The van der Waals surface area contributed by atoms with E-state index >= 15 is 0 Å². The fourth-order valence-electron chi connectivity index (χ4n) is 3.62. The fourth-order valence-corrected chi connectivity index (χ4v) is 5.13. The number of carbonyl (C=O) groups is 1. The molecule has 0 bridgehead atoms. The van der Waals surface area contributed by atoms with Crippen molar-refractivity contribution >= 4 is 21.6 Å². The summed E-state index contributed by atoms with van der Waals surface area (Å²) in [6.07, 6.45) is 0. The highest BCUT2D eigenvalue weighted by atomic mass is 32.2. The normalized spacial score (nSPS) is 12.1. The summed E-state index contributed by atoms with van der Waals surface area (Å²) in [5, 5.41) is 2.92. The van der Waals surface area contributed by atoms with E-state index in [-0.39, 0.29) is 17.5 Å². The summed E-state index contributed by atoms with van der Waals surface area (Å²) < 4.78 is 33.6. The topological polar surface area (TPSA) is 75.7 Å². The Kier molecular flexibility index (Phi) is 7.76. The molecule has 0 radical (unpaired) electrons. The zero-order valence-corrected chi connectivity index (χ0v) is 20.2. The maximum Gasteiger partial charge on any atom is 0.264 e. The van der Waals surface area contributed by atoms with Gasteiger partial charge in [-0.2, -0.15) is 0 Å². The summed E-state index contributed by atoms with van der Waals surface area (Å²) in [6, 6.07) is 20.8. The third-order valence-corrected chi connectivity index (χ3v) is 7.08. The minimum atomic E-state index is -3.94. The highest BCUT2D eigenvalue weighted by Gasteiger charge is 2.28. The van der Waals surface area contributed by atoms with Crippen LogP contribution >= 0.6 is 0 Å². The monoisotopic (exact) mass is 466 g/mol. The van der Waals surface area contributed by atoms with E-state index in [2.05, 4.69) is 5.32 Å². The van der Waals surface area contributed by atoms with E-state index in [4.69, 9.17) is 4.74 Å². The number of nitrogens with one attached hydrogen (secondary N) is 1. The molecular formula is C26H30N2O4S. The van der Waals surface area contributed by atoms with Crippen molar-refractivity contribution in [2.45, 2.75) is 38.6 Å². The summed E-state index contributed by atoms with van der Waals surface area (Å²) in [7, 11) is -3.94. The summed E-state index contributed by atoms with van der Waals surface area (Å²) in [5.74, 6) is 0.366. The Morgan fingerprint density at radius 2 is 1.67 bits per heavy atom. The van der Waals surface area contributed by atoms with Crippen molar-refractivity contribution in [2.24, 2.45) is 0 Å². The van der Waals surface area contributed by atoms with Gasteiger partial charge in [0.25, 0.3) is 10.0 Å². The molecule has 1 N–H and O–H groups in total. The first-order valence-corrected chi connectivity index (χ1v) is 12.3. The first-order chi connectivity index (χ1) is 15.7. The van der Waals surface area contributed by atoms with Crippen LogP contribution in [0.5, 0.6) is 5.75 Å². The van der Waals surface area contributed by atoms with E-state index in [0.717, 1.165) is 22.4 Å². The van der Waals surface area contributed by atoms with Crippen molar-refractivity contribution < 1.29 is 17.9 Å². The smallest absolute Gasteiger partial charge is 0.264 e. The lowest BCUT2D eigenvalue weighted by Crippen LogP contribution is -2.41. The number of hydrogen-bond acceptors (Lipinski definition) is 4. The third kappa shape index (κ3) is 5.93. The summed E-state index contributed by atoms with van der Waals surface area (Å²) in [4.78, 5) is 13.1. The number of rotatable bonds is 9. The quantitative estimate of drug-likeness (QED) is 0.493. The number of anilines is 1. The van der Waals surface area contributed by atoms with E-state index in [1.54, 1.807) is 24.3 Å². The Bertz CT molecular complexity index is 1190. The molecule has 1 atom stereocenters. The number of hydrogen-bond donors (Lipinski definition) is 1. The molecule has 0 aliphatic heterocycles. The number of nitrogens with zero attached hydrogens (tertiary/aromatic N) is 1. The van der Waals surface area contributed by atoms with Crippen LogP contribution in [0.25, 0.3) is 0 Å². The minimum absolute atomic E-state index is 0.136. The van der Waals surface area contributed by atoms with Gasteiger partial charge in [-0.25, -0.2) is 8.42 Å². The first kappa shape index (κ1) is 24.3. The van der Waals surface area contributed by atoms with Crippen LogP contribution in [0.2, 0.25) is 0 Å². The molecule has 0 heterocycles. The van der Waals surface area contributed by atoms with Crippen LogP contribution in [0, 0.1) is 13.8 Å². The molecule has 33 heavy (non-hydrogen) atoms. The van der Waals surface area contributed by atoms with Gasteiger partial charge < -0.3 is 10.1 Å². The van der Waals surface area contributed by atoms with Gasteiger partial charge in [0.1, 0.15) is 12.3 Å². The lowest BCUT2D eigenvalue weighted by Gasteiger charge is -2.26. The molecule has 0 spiro atoms. The number of carbonyl (C=O) groups excluding carboxylic acids is 1. The lowest BCUT2D eigenvalue weighted by atomic mass is 10.1. The van der Waals surface area contributed by atoms with Crippen molar-refractivity contribution in [1.29, 1.82) is 0 Å². The van der Waals surface area contributed by atoms with Crippen molar-refractivity contribution in [2.75, 3.05) is 17.5 Å². The number of ether oxygens (including phenoxy) is 1. The van der Waals surface area contributed by atoms with E-state index in [1.165, 1.54) is 16.4 Å². The molecule has 0 aromatic heterocycles. The first-order valence-electron chi connectivity index (χ1n) is 10.9. The number of amides is 1. The summed E-state index contributed by atoms with van der Waals surface area (Å²) in [6.45, 7) is 7.81. The van der Waals surface area contributed by atoms with E-state index in [9.17, 15) is 13.2 Å². The Morgan fingerprint density at radius 3 is 2.27 bits per heavy atom. The van der Waals surface area contributed by atoms with Crippen molar-refractivity contribution in [3.05, 3.63) is 89.5 Å². The van der Waals surface area contributed by atoms with Gasteiger partial charge in [-0.05, 0) is 69.2 Å². The zero-order chi connectivity index (χ0) is 24.0. The fraction of sp³-hybridized carbons (Fsp3) is 0.269. The SMILES string of the molecule is CCOc1ccc(C(C)NC(=O)CN(c2ccc(C)cc2C)S(=O)(=O)c2ccccc2)cc1. The second kappa shape index (κ2) is 10.5. The van der Waals surface area contributed by atoms with Crippen LogP contribution in [-0.2, 0) is 14.8 Å². The van der Waals surface area contributed by atoms with Gasteiger partial charge >= 0.3 is 0 Å². The van der Waals surface area contributed by atoms with Gasteiger partial charge in [0, 0.05) is 0 Å². The second-order valence-electron chi connectivity index (χ2n) is 7.91. The van der Waals surface area contributed by atoms with Gasteiger partial charge in [0.05, 0.1) is 23.2 Å². The van der Waals surface area contributed by atoms with Crippen LogP contribution < -0.4 is 14.4 Å². The van der Waals surface area contributed by atoms with Crippen molar-refractivity contribution in [1.82, 2.24) is 5.32 Å². The highest BCUT2D eigenvalue weighted by molar-refractivity contribution is 7.92. The van der Waals surface area contributed by atoms with Gasteiger partial charge in [0.15, 0.2) is 0 Å². The van der Waals surface area contributed by atoms with Crippen molar-refractivity contribution in [3.8, 4) is 5.75 Å². The summed E-state index contributed by atoms with van der Waals surface area (Å²) in [5.41, 5.74) is 3.17. The Balaban J connectivity index is 1.86. The maximum atomic E-state index is 13.5. The molecule has 0 saturated carbocycles. The van der Waals surface area contributed by atoms with Crippen LogP contribution in [0.15, 0.2) is 77.7 Å². The van der Waals surface area contributed by atoms with Gasteiger partial charge in [-0.3, -0.25) is 9.10 Å². The minimum Gasteiger partial charge on any atom is -0.494 e. The average molecular weight is 467 g/mol. The molecule has 0 aliphatic rings. The Morgan fingerprint density at radius 1 is 1.00 bits per heavy atom.